The number of ether oxygens (including phenoxy) is 1. The van der Waals surface area contributed by atoms with Crippen molar-refractivity contribution in [3.63, 3.8) is 0 Å². The van der Waals surface area contributed by atoms with Crippen LogP contribution in [0, 0.1) is 11.8 Å². The maximum atomic E-state index is 12.8. The van der Waals surface area contributed by atoms with Gasteiger partial charge in [0, 0.05) is 5.69 Å². The van der Waals surface area contributed by atoms with E-state index < -0.39 is 30.0 Å². The Labute approximate surface area is 151 Å². The van der Waals surface area contributed by atoms with Crippen molar-refractivity contribution in [1.29, 1.82) is 0 Å². The van der Waals surface area contributed by atoms with Crippen molar-refractivity contribution in [2.24, 2.45) is 11.8 Å². The summed E-state index contributed by atoms with van der Waals surface area (Å²) >= 11 is 0. The van der Waals surface area contributed by atoms with E-state index >= 15 is 0 Å². The zero-order valence-electron chi connectivity index (χ0n) is 14.0. The number of benzene rings is 2. The lowest BCUT2D eigenvalue weighted by molar-refractivity contribution is -0.145. The third-order valence-electron chi connectivity index (χ3n) is 5.00. The van der Waals surface area contributed by atoms with Crippen molar-refractivity contribution in [1.82, 2.24) is 0 Å². The normalized spacial score (nSPS) is 26.0. The van der Waals surface area contributed by atoms with Gasteiger partial charge in [0.05, 0.1) is 18.1 Å². The molecule has 2 heterocycles. The second-order valence-corrected chi connectivity index (χ2v) is 6.65. The van der Waals surface area contributed by atoms with Crippen LogP contribution in [0.25, 0.3) is 0 Å². The Bertz CT molecular complexity index is 861. The van der Waals surface area contributed by atoms with Crippen molar-refractivity contribution in [3.8, 4) is 0 Å². The topological polar surface area (TPSA) is 75.6 Å². The van der Waals surface area contributed by atoms with Crippen molar-refractivity contribution in [2.45, 2.75) is 18.6 Å². The second-order valence-electron chi connectivity index (χ2n) is 6.65. The van der Waals surface area contributed by atoms with Gasteiger partial charge in [-0.05, 0) is 23.6 Å². The van der Waals surface area contributed by atoms with Gasteiger partial charge in [0.25, 0.3) is 0 Å². The summed E-state index contributed by atoms with van der Waals surface area (Å²) in [5, 5.41) is 12.4. The van der Waals surface area contributed by atoms with E-state index in [-0.39, 0.29) is 5.91 Å². The van der Waals surface area contributed by atoms with Crippen molar-refractivity contribution in [3.05, 3.63) is 77.9 Å². The van der Waals surface area contributed by atoms with Gasteiger partial charge in [-0.25, -0.2) is 0 Å². The lowest BCUT2D eigenvalue weighted by Gasteiger charge is -2.21. The Kier molecular flexibility index (Phi) is 4.31. The Balaban J connectivity index is 1.55. The van der Waals surface area contributed by atoms with Crippen LogP contribution in [0.15, 0.2) is 66.7 Å². The highest BCUT2D eigenvalue weighted by Crippen LogP contribution is 2.40. The quantitative estimate of drug-likeness (QED) is 0.814. The predicted molar refractivity (Wildman–Crippen MR) is 96.7 cm³/mol. The first kappa shape index (κ1) is 16.5. The number of carboxylic acids is 1. The molecule has 2 aliphatic rings. The molecule has 1 saturated heterocycles. The van der Waals surface area contributed by atoms with Gasteiger partial charge in [0.15, 0.2) is 0 Å². The third kappa shape index (κ3) is 3.02. The van der Waals surface area contributed by atoms with Gasteiger partial charge in [0.2, 0.25) is 5.91 Å². The lowest BCUT2D eigenvalue weighted by atomic mass is 9.82. The van der Waals surface area contributed by atoms with Gasteiger partial charge in [-0.3, -0.25) is 9.59 Å². The number of para-hydroxylation sites is 1. The standard InChI is InChI=1S/C21H19NO4/c23-20(18-16-10-11-17(26-16)19(18)21(24)25)22-15-9-5-4-8-14(15)12-13-6-2-1-3-7-13/h1-11,16-19H,12H2,(H,22,23)(H,24,25)/t16-,17-,18-,19+/m1/s1. The second kappa shape index (κ2) is 6.77. The summed E-state index contributed by atoms with van der Waals surface area (Å²) in [6, 6.07) is 17.6. The average Bonchev–Trinajstić information content (AvgIpc) is 3.25. The number of carboxylic acid groups (broad SMARTS) is 1. The first-order valence-electron chi connectivity index (χ1n) is 8.63. The van der Waals surface area contributed by atoms with E-state index in [4.69, 9.17) is 4.74 Å². The Morgan fingerprint density at radius 2 is 1.58 bits per heavy atom. The number of carbonyl (C=O) groups excluding carboxylic acids is 1. The van der Waals surface area contributed by atoms with Gasteiger partial charge in [-0.2, -0.15) is 0 Å². The van der Waals surface area contributed by atoms with Crippen LogP contribution in [0.4, 0.5) is 5.69 Å². The van der Waals surface area contributed by atoms with Crippen LogP contribution in [0.1, 0.15) is 11.1 Å². The summed E-state index contributed by atoms with van der Waals surface area (Å²) in [6.07, 6.45) is 3.21. The molecule has 1 fully saturated rings. The molecule has 0 unspecified atom stereocenters. The highest BCUT2D eigenvalue weighted by Gasteiger charge is 2.53. The smallest absolute Gasteiger partial charge is 0.310 e. The Morgan fingerprint density at radius 1 is 0.923 bits per heavy atom. The number of rotatable bonds is 5. The zero-order chi connectivity index (χ0) is 18.1. The molecule has 132 valence electrons. The molecular weight excluding hydrogens is 330 g/mol. The highest BCUT2D eigenvalue weighted by atomic mass is 16.5. The molecule has 4 rings (SSSR count). The van der Waals surface area contributed by atoms with E-state index in [0.717, 1.165) is 11.1 Å². The van der Waals surface area contributed by atoms with Crippen LogP contribution < -0.4 is 5.32 Å². The van der Waals surface area contributed by atoms with Crippen LogP contribution in [0.2, 0.25) is 0 Å². The minimum atomic E-state index is -1.00. The number of amides is 1. The van der Waals surface area contributed by atoms with Gasteiger partial charge in [-0.15, -0.1) is 0 Å². The van der Waals surface area contributed by atoms with Crippen LogP contribution in [-0.4, -0.2) is 29.2 Å². The molecule has 2 aromatic carbocycles. The number of hydrogen-bond acceptors (Lipinski definition) is 3. The maximum Gasteiger partial charge on any atom is 0.310 e. The molecule has 0 radical (unpaired) electrons. The molecule has 2 bridgehead atoms. The monoisotopic (exact) mass is 349 g/mol. The van der Waals surface area contributed by atoms with Crippen LogP contribution >= 0.6 is 0 Å². The summed E-state index contributed by atoms with van der Waals surface area (Å²) in [7, 11) is 0. The minimum Gasteiger partial charge on any atom is -0.481 e. The van der Waals surface area contributed by atoms with Crippen molar-refractivity contribution in [2.75, 3.05) is 5.32 Å². The molecule has 0 aliphatic carbocycles. The van der Waals surface area contributed by atoms with Crippen molar-refractivity contribution < 1.29 is 19.4 Å². The van der Waals surface area contributed by atoms with Gasteiger partial charge >= 0.3 is 5.97 Å². The van der Waals surface area contributed by atoms with E-state index in [0.29, 0.717) is 12.1 Å². The van der Waals surface area contributed by atoms with Crippen molar-refractivity contribution >= 4 is 17.6 Å². The van der Waals surface area contributed by atoms with Crippen LogP contribution in [-0.2, 0) is 20.7 Å². The predicted octanol–water partition coefficient (Wildman–Crippen LogP) is 2.87. The van der Waals surface area contributed by atoms with E-state index in [1.165, 1.54) is 0 Å². The SMILES string of the molecule is O=C(O)[C@@H]1[C@H](C(=O)Nc2ccccc2Cc2ccccc2)[C@H]2C=C[C@H]1O2. The van der Waals surface area contributed by atoms with Gasteiger partial charge in [-0.1, -0.05) is 60.7 Å². The summed E-state index contributed by atoms with van der Waals surface area (Å²) in [4.78, 5) is 24.4. The molecule has 0 saturated carbocycles. The fourth-order valence-corrected chi connectivity index (χ4v) is 3.74. The Morgan fingerprint density at radius 3 is 2.31 bits per heavy atom. The summed E-state index contributed by atoms with van der Waals surface area (Å²) in [5.41, 5.74) is 2.83. The van der Waals surface area contributed by atoms with Gasteiger partial charge < -0.3 is 15.2 Å². The lowest BCUT2D eigenvalue weighted by Crippen LogP contribution is -2.39. The molecule has 0 aromatic heterocycles. The summed E-state index contributed by atoms with van der Waals surface area (Å²) in [5.74, 6) is -2.87. The summed E-state index contributed by atoms with van der Waals surface area (Å²) < 4.78 is 5.59. The van der Waals surface area contributed by atoms with Crippen LogP contribution in [0.3, 0.4) is 0 Å². The maximum absolute atomic E-state index is 12.8. The van der Waals surface area contributed by atoms with Gasteiger partial charge in [0.1, 0.15) is 5.92 Å². The van der Waals surface area contributed by atoms with E-state index in [1.54, 1.807) is 12.2 Å². The number of carbonyl (C=O) groups is 2. The molecular formula is C21H19NO4. The molecule has 4 atom stereocenters. The number of nitrogens with one attached hydrogen (secondary N) is 1. The highest BCUT2D eigenvalue weighted by molar-refractivity contribution is 5.97. The largest absolute Gasteiger partial charge is 0.481 e. The molecule has 1 amide bonds. The number of anilines is 1. The number of fused-ring (bicyclic) bond motifs is 2. The molecule has 0 spiro atoms. The van der Waals surface area contributed by atoms with E-state index in [2.05, 4.69) is 5.32 Å². The first-order valence-corrected chi connectivity index (χ1v) is 8.63. The third-order valence-corrected chi connectivity index (χ3v) is 5.00. The molecule has 2 aromatic rings. The fourth-order valence-electron chi connectivity index (χ4n) is 3.74. The van der Waals surface area contributed by atoms with E-state index in [1.807, 2.05) is 54.6 Å². The van der Waals surface area contributed by atoms with E-state index in [9.17, 15) is 14.7 Å². The minimum absolute atomic E-state index is 0.310. The summed E-state index contributed by atoms with van der Waals surface area (Å²) in [6.45, 7) is 0. The molecule has 5 heteroatoms. The zero-order valence-corrected chi connectivity index (χ0v) is 14.0. The molecule has 2 aliphatic heterocycles. The molecule has 5 nitrogen and oxygen atoms in total. The first-order chi connectivity index (χ1) is 12.6. The Hall–Kier alpha value is -2.92. The fraction of sp³-hybridized carbons (Fsp3) is 0.238. The molecule has 26 heavy (non-hydrogen) atoms. The number of hydrogen-bond donors (Lipinski definition) is 2. The molecule has 2 N–H and O–H groups in total. The number of aliphatic carboxylic acids is 1. The average molecular weight is 349 g/mol. The van der Waals surface area contributed by atoms with Crippen LogP contribution in [0.5, 0.6) is 0 Å².